The Morgan fingerprint density at radius 2 is 1.68 bits per heavy atom. The Hall–Kier alpha value is -2.41. The number of halogens is 1. The lowest BCUT2D eigenvalue weighted by Gasteiger charge is -2.34. The van der Waals surface area contributed by atoms with E-state index in [1.807, 2.05) is 13.8 Å². The third-order valence-corrected chi connectivity index (χ3v) is 4.66. The predicted octanol–water partition coefficient (Wildman–Crippen LogP) is 3.64. The summed E-state index contributed by atoms with van der Waals surface area (Å²) < 4.78 is 5.70. The Labute approximate surface area is 169 Å². The maximum atomic E-state index is 12.7. The Morgan fingerprint density at radius 3 is 2.36 bits per heavy atom. The monoisotopic (exact) mass is 401 g/mol. The average molecular weight is 402 g/mol. The normalized spacial score (nSPS) is 19.8. The van der Waals surface area contributed by atoms with Crippen LogP contribution in [0.1, 0.15) is 24.2 Å². The van der Waals surface area contributed by atoms with Gasteiger partial charge in [0.25, 0.3) is 5.91 Å². The van der Waals surface area contributed by atoms with Crippen molar-refractivity contribution in [3.8, 4) is 0 Å². The summed E-state index contributed by atoms with van der Waals surface area (Å²) in [6, 6.07) is 13.8. The molecule has 2 N–H and O–H groups in total. The highest BCUT2D eigenvalue weighted by atomic mass is 35.5. The first-order valence-corrected chi connectivity index (χ1v) is 9.62. The average Bonchev–Trinajstić information content (AvgIpc) is 2.63. The molecule has 28 heavy (non-hydrogen) atoms. The Balaban J connectivity index is 1.65. The van der Waals surface area contributed by atoms with Crippen LogP contribution in [0.15, 0.2) is 48.5 Å². The maximum absolute atomic E-state index is 12.7. The summed E-state index contributed by atoms with van der Waals surface area (Å²) in [7, 11) is 0. The maximum Gasteiger partial charge on any atom is 0.257 e. The summed E-state index contributed by atoms with van der Waals surface area (Å²) in [5.74, 6) is -0.458. The fraction of sp³-hybridized carbons (Fsp3) is 0.333. The van der Waals surface area contributed by atoms with Crippen molar-refractivity contribution in [3.05, 3.63) is 59.1 Å². The number of para-hydroxylation sites is 1. The molecule has 1 fully saturated rings. The molecule has 148 valence electrons. The van der Waals surface area contributed by atoms with Gasteiger partial charge < -0.3 is 15.4 Å². The summed E-state index contributed by atoms with van der Waals surface area (Å²) in [6.45, 7) is 5.66. The molecule has 1 aliphatic rings. The molecule has 2 atom stereocenters. The molecule has 1 heterocycles. The van der Waals surface area contributed by atoms with Gasteiger partial charge in [0.05, 0.1) is 30.0 Å². The number of ether oxygens (including phenoxy) is 1. The van der Waals surface area contributed by atoms with Gasteiger partial charge >= 0.3 is 0 Å². The number of hydrogen-bond donors (Lipinski definition) is 2. The number of morpholine rings is 1. The van der Waals surface area contributed by atoms with Crippen LogP contribution in [0.5, 0.6) is 0 Å². The van der Waals surface area contributed by atoms with Crippen LogP contribution >= 0.6 is 11.6 Å². The molecule has 7 heteroatoms. The lowest BCUT2D eigenvalue weighted by atomic mass is 10.1. The van der Waals surface area contributed by atoms with Gasteiger partial charge in [-0.15, -0.1) is 0 Å². The third-order valence-electron chi connectivity index (χ3n) is 4.41. The van der Waals surface area contributed by atoms with E-state index >= 15 is 0 Å². The third kappa shape index (κ3) is 5.55. The number of rotatable bonds is 5. The zero-order valence-electron chi connectivity index (χ0n) is 15.9. The van der Waals surface area contributed by atoms with E-state index < -0.39 is 0 Å². The van der Waals surface area contributed by atoms with E-state index in [-0.39, 0.29) is 30.6 Å². The van der Waals surface area contributed by atoms with Crippen LogP contribution in [0.4, 0.5) is 11.4 Å². The van der Waals surface area contributed by atoms with Gasteiger partial charge in [-0.3, -0.25) is 14.5 Å². The Bertz CT molecular complexity index is 831. The van der Waals surface area contributed by atoms with Crippen molar-refractivity contribution >= 4 is 34.8 Å². The molecule has 2 aromatic carbocycles. The van der Waals surface area contributed by atoms with Crippen molar-refractivity contribution in [2.24, 2.45) is 0 Å². The molecule has 0 radical (unpaired) electrons. The molecule has 0 spiro atoms. The van der Waals surface area contributed by atoms with Crippen LogP contribution in [0.3, 0.4) is 0 Å². The quantitative estimate of drug-likeness (QED) is 0.802. The number of anilines is 2. The van der Waals surface area contributed by atoms with Crippen LogP contribution in [-0.2, 0) is 9.53 Å². The zero-order valence-corrected chi connectivity index (χ0v) is 16.7. The largest absolute Gasteiger partial charge is 0.373 e. The number of benzene rings is 2. The van der Waals surface area contributed by atoms with Crippen molar-refractivity contribution in [1.82, 2.24) is 4.90 Å². The summed E-state index contributed by atoms with van der Waals surface area (Å²) in [6.07, 6.45) is 0.183. The smallest absolute Gasteiger partial charge is 0.257 e. The van der Waals surface area contributed by atoms with Crippen LogP contribution in [0.2, 0.25) is 5.02 Å². The van der Waals surface area contributed by atoms with Crippen LogP contribution in [0, 0.1) is 0 Å². The standard InChI is InChI=1S/C21H24ClN3O3/c1-14-11-25(12-15(2)28-14)13-20(26)24-19-6-4-3-5-18(19)21(27)23-17-9-7-16(22)8-10-17/h3-10,14-15H,11-13H2,1-2H3,(H,23,27)(H,24,26)/t14-,15-/m1/s1. The summed E-state index contributed by atoms with van der Waals surface area (Å²) in [5, 5.41) is 6.27. The highest BCUT2D eigenvalue weighted by Gasteiger charge is 2.24. The number of carbonyl (C=O) groups excluding carboxylic acids is 2. The number of amides is 2. The molecule has 2 amide bonds. The van der Waals surface area contributed by atoms with Crippen molar-refractivity contribution in [2.75, 3.05) is 30.3 Å². The molecule has 0 saturated carbocycles. The molecule has 0 unspecified atom stereocenters. The van der Waals surface area contributed by atoms with Gasteiger partial charge in [0, 0.05) is 23.8 Å². The molecule has 3 rings (SSSR count). The van der Waals surface area contributed by atoms with Crippen molar-refractivity contribution in [2.45, 2.75) is 26.1 Å². The molecule has 0 aromatic heterocycles. The van der Waals surface area contributed by atoms with Gasteiger partial charge in [-0.05, 0) is 50.2 Å². The minimum Gasteiger partial charge on any atom is -0.373 e. The lowest BCUT2D eigenvalue weighted by molar-refractivity contribution is -0.121. The van der Waals surface area contributed by atoms with E-state index in [2.05, 4.69) is 15.5 Å². The van der Waals surface area contributed by atoms with Gasteiger partial charge in [-0.25, -0.2) is 0 Å². The molecule has 1 aliphatic heterocycles. The van der Waals surface area contributed by atoms with E-state index in [0.29, 0.717) is 35.1 Å². The molecule has 0 bridgehead atoms. The van der Waals surface area contributed by atoms with E-state index in [1.54, 1.807) is 48.5 Å². The molecule has 0 aliphatic carbocycles. The van der Waals surface area contributed by atoms with Gasteiger partial charge in [-0.2, -0.15) is 0 Å². The summed E-state index contributed by atoms with van der Waals surface area (Å²) in [5.41, 5.74) is 1.51. The van der Waals surface area contributed by atoms with E-state index in [9.17, 15) is 9.59 Å². The number of nitrogens with one attached hydrogen (secondary N) is 2. The van der Waals surface area contributed by atoms with E-state index in [4.69, 9.17) is 16.3 Å². The van der Waals surface area contributed by atoms with E-state index in [0.717, 1.165) is 0 Å². The molecule has 2 aromatic rings. The van der Waals surface area contributed by atoms with Crippen molar-refractivity contribution < 1.29 is 14.3 Å². The second-order valence-corrected chi connectivity index (χ2v) is 7.44. The second kappa shape index (κ2) is 9.19. The molecule has 1 saturated heterocycles. The van der Waals surface area contributed by atoms with Gasteiger partial charge in [0.2, 0.25) is 5.91 Å². The minimum atomic E-state index is -0.299. The van der Waals surface area contributed by atoms with Gasteiger partial charge in [0.1, 0.15) is 0 Å². The Morgan fingerprint density at radius 1 is 1.04 bits per heavy atom. The van der Waals surface area contributed by atoms with Crippen molar-refractivity contribution in [1.29, 1.82) is 0 Å². The first-order valence-electron chi connectivity index (χ1n) is 9.24. The molecule has 6 nitrogen and oxygen atoms in total. The van der Waals surface area contributed by atoms with Gasteiger partial charge in [0.15, 0.2) is 0 Å². The van der Waals surface area contributed by atoms with Crippen molar-refractivity contribution in [3.63, 3.8) is 0 Å². The highest BCUT2D eigenvalue weighted by molar-refractivity contribution is 6.30. The minimum absolute atomic E-state index is 0.0917. The van der Waals surface area contributed by atoms with Crippen LogP contribution in [-0.4, -0.2) is 48.6 Å². The number of carbonyl (C=O) groups is 2. The molecular weight excluding hydrogens is 378 g/mol. The fourth-order valence-electron chi connectivity index (χ4n) is 3.33. The SMILES string of the molecule is C[C@@H]1CN(CC(=O)Nc2ccccc2C(=O)Nc2ccc(Cl)cc2)C[C@@H](C)O1. The van der Waals surface area contributed by atoms with Crippen LogP contribution in [0.25, 0.3) is 0 Å². The van der Waals surface area contributed by atoms with Gasteiger partial charge in [-0.1, -0.05) is 23.7 Å². The highest BCUT2D eigenvalue weighted by Crippen LogP contribution is 2.19. The van der Waals surface area contributed by atoms with E-state index in [1.165, 1.54) is 0 Å². The number of hydrogen-bond acceptors (Lipinski definition) is 4. The second-order valence-electron chi connectivity index (χ2n) is 7.01. The fourth-order valence-corrected chi connectivity index (χ4v) is 3.45. The summed E-state index contributed by atoms with van der Waals surface area (Å²) in [4.78, 5) is 27.2. The zero-order chi connectivity index (χ0) is 20.1. The Kier molecular flexibility index (Phi) is 6.67. The first-order chi connectivity index (χ1) is 13.4. The lowest BCUT2D eigenvalue weighted by Crippen LogP contribution is -2.48. The topological polar surface area (TPSA) is 70.7 Å². The predicted molar refractivity (Wildman–Crippen MR) is 111 cm³/mol. The van der Waals surface area contributed by atoms with Crippen LogP contribution < -0.4 is 10.6 Å². The molecular formula is C21H24ClN3O3. The first kappa shape index (κ1) is 20.3. The number of nitrogens with zero attached hydrogens (tertiary/aromatic N) is 1. The summed E-state index contributed by atoms with van der Waals surface area (Å²) >= 11 is 5.87.